The third-order valence-electron chi connectivity index (χ3n) is 3.44. The maximum atomic E-state index is 3.90. The van der Waals surface area contributed by atoms with Crippen LogP contribution in [0.5, 0.6) is 0 Å². The number of thioether (sulfide) groups is 1. The molecule has 1 aliphatic heterocycles. The summed E-state index contributed by atoms with van der Waals surface area (Å²) in [5.74, 6) is 4.54. The molecule has 2 rings (SSSR count). The third-order valence-corrected chi connectivity index (χ3v) is 4.65. The van der Waals surface area contributed by atoms with Gasteiger partial charge in [0.2, 0.25) is 0 Å². The third kappa shape index (κ3) is 2.90. The van der Waals surface area contributed by atoms with Gasteiger partial charge in [0, 0.05) is 17.8 Å². The number of hydrogen-bond donors (Lipinski definition) is 1. The quantitative estimate of drug-likeness (QED) is 0.770. The van der Waals surface area contributed by atoms with Gasteiger partial charge in [-0.1, -0.05) is 13.8 Å². The van der Waals surface area contributed by atoms with E-state index in [9.17, 15) is 0 Å². The highest BCUT2D eigenvalue weighted by atomic mass is 32.2. The topological polar surface area (TPSA) is 12.0 Å². The summed E-state index contributed by atoms with van der Waals surface area (Å²) in [6.45, 7) is 4.73. The molecule has 1 N–H and O–H groups in total. The SMILES string of the molecule is CC(C)C(NC1CCCSC1)C1CC1. The van der Waals surface area contributed by atoms with E-state index in [0.29, 0.717) is 0 Å². The second kappa shape index (κ2) is 4.89. The van der Waals surface area contributed by atoms with Crippen molar-refractivity contribution in [2.75, 3.05) is 11.5 Å². The first-order chi connectivity index (χ1) is 6.77. The lowest BCUT2D eigenvalue weighted by Gasteiger charge is -2.30. The Hall–Kier alpha value is 0.310. The van der Waals surface area contributed by atoms with Gasteiger partial charge in [-0.05, 0) is 43.3 Å². The van der Waals surface area contributed by atoms with Crippen LogP contribution in [-0.4, -0.2) is 23.6 Å². The largest absolute Gasteiger partial charge is 0.310 e. The number of rotatable bonds is 4. The molecule has 2 fully saturated rings. The first kappa shape index (κ1) is 10.8. The van der Waals surface area contributed by atoms with E-state index in [1.54, 1.807) is 0 Å². The highest BCUT2D eigenvalue weighted by molar-refractivity contribution is 7.99. The van der Waals surface area contributed by atoms with Gasteiger partial charge in [-0.15, -0.1) is 0 Å². The van der Waals surface area contributed by atoms with E-state index in [4.69, 9.17) is 0 Å². The summed E-state index contributed by atoms with van der Waals surface area (Å²) in [6.07, 6.45) is 5.76. The molecule has 0 spiro atoms. The molecule has 0 aromatic rings. The Kier molecular flexibility index (Phi) is 3.78. The van der Waals surface area contributed by atoms with E-state index in [1.165, 1.54) is 37.2 Å². The van der Waals surface area contributed by atoms with Crippen LogP contribution in [0.4, 0.5) is 0 Å². The van der Waals surface area contributed by atoms with Crippen LogP contribution < -0.4 is 5.32 Å². The van der Waals surface area contributed by atoms with Crippen molar-refractivity contribution in [3.8, 4) is 0 Å². The average Bonchev–Trinajstić information content (AvgIpc) is 2.99. The molecule has 82 valence electrons. The average molecular weight is 213 g/mol. The summed E-state index contributed by atoms with van der Waals surface area (Å²) in [4.78, 5) is 0. The Bertz CT molecular complexity index is 169. The maximum Gasteiger partial charge on any atom is 0.0161 e. The molecule has 2 atom stereocenters. The van der Waals surface area contributed by atoms with Gasteiger partial charge in [0.05, 0.1) is 0 Å². The molecular weight excluding hydrogens is 190 g/mol. The van der Waals surface area contributed by atoms with Crippen LogP contribution in [0.2, 0.25) is 0 Å². The highest BCUT2D eigenvalue weighted by Crippen LogP contribution is 2.36. The molecule has 1 aliphatic carbocycles. The molecule has 0 radical (unpaired) electrons. The zero-order valence-electron chi connectivity index (χ0n) is 9.46. The van der Waals surface area contributed by atoms with Crippen LogP contribution in [0, 0.1) is 11.8 Å². The second-order valence-electron chi connectivity index (χ2n) is 5.19. The Morgan fingerprint density at radius 3 is 2.50 bits per heavy atom. The summed E-state index contributed by atoms with van der Waals surface area (Å²) in [6, 6.07) is 1.61. The van der Waals surface area contributed by atoms with Gasteiger partial charge < -0.3 is 5.32 Å². The molecule has 2 heteroatoms. The first-order valence-corrected chi connectivity index (χ1v) is 7.26. The first-order valence-electron chi connectivity index (χ1n) is 6.11. The summed E-state index contributed by atoms with van der Waals surface area (Å²) < 4.78 is 0. The Labute approximate surface area is 92.4 Å². The molecule has 0 aromatic heterocycles. The minimum atomic E-state index is 0.804. The van der Waals surface area contributed by atoms with Crippen LogP contribution in [0.25, 0.3) is 0 Å². The van der Waals surface area contributed by atoms with Crippen molar-refractivity contribution in [3.05, 3.63) is 0 Å². The summed E-state index contributed by atoms with van der Waals surface area (Å²) in [5.41, 5.74) is 0. The van der Waals surface area contributed by atoms with Crippen molar-refractivity contribution in [1.29, 1.82) is 0 Å². The molecule has 1 saturated heterocycles. The van der Waals surface area contributed by atoms with E-state index in [2.05, 4.69) is 30.9 Å². The normalized spacial score (nSPS) is 30.6. The van der Waals surface area contributed by atoms with E-state index < -0.39 is 0 Å². The number of nitrogens with one attached hydrogen (secondary N) is 1. The van der Waals surface area contributed by atoms with Crippen LogP contribution in [-0.2, 0) is 0 Å². The smallest absolute Gasteiger partial charge is 0.0161 e. The fourth-order valence-electron chi connectivity index (χ4n) is 2.47. The molecule has 1 heterocycles. The summed E-state index contributed by atoms with van der Waals surface area (Å²) in [5, 5.41) is 3.90. The fraction of sp³-hybridized carbons (Fsp3) is 1.00. The molecular formula is C12H23NS. The number of hydrogen-bond acceptors (Lipinski definition) is 2. The van der Waals surface area contributed by atoms with Gasteiger partial charge in [0.15, 0.2) is 0 Å². The monoisotopic (exact) mass is 213 g/mol. The van der Waals surface area contributed by atoms with Crippen LogP contribution in [0.15, 0.2) is 0 Å². The molecule has 1 nitrogen and oxygen atoms in total. The van der Waals surface area contributed by atoms with Crippen molar-refractivity contribution in [3.63, 3.8) is 0 Å². The van der Waals surface area contributed by atoms with Crippen molar-refractivity contribution in [1.82, 2.24) is 5.32 Å². The van der Waals surface area contributed by atoms with Crippen LogP contribution in [0.1, 0.15) is 39.5 Å². The fourth-order valence-corrected chi connectivity index (χ4v) is 3.56. The lowest BCUT2D eigenvalue weighted by Crippen LogP contribution is -2.45. The molecule has 0 bridgehead atoms. The van der Waals surface area contributed by atoms with Crippen molar-refractivity contribution in [2.24, 2.45) is 11.8 Å². The Balaban J connectivity index is 1.79. The summed E-state index contributed by atoms with van der Waals surface area (Å²) in [7, 11) is 0. The Morgan fingerprint density at radius 2 is 2.00 bits per heavy atom. The molecule has 0 aromatic carbocycles. The van der Waals surface area contributed by atoms with E-state index in [1.807, 2.05) is 0 Å². The standard InChI is InChI=1S/C12H23NS/c1-9(2)12(10-5-6-10)13-11-4-3-7-14-8-11/h9-13H,3-8H2,1-2H3. The molecule has 2 unspecified atom stereocenters. The van der Waals surface area contributed by atoms with Gasteiger partial charge >= 0.3 is 0 Å². The second-order valence-corrected chi connectivity index (χ2v) is 6.34. The summed E-state index contributed by atoms with van der Waals surface area (Å²) >= 11 is 2.13. The van der Waals surface area contributed by atoms with Crippen molar-refractivity contribution in [2.45, 2.75) is 51.6 Å². The molecule has 0 amide bonds. The van der Waals surface area contributed by atoms with Gasteiger partial charge in [-0.25, -0.2) is 0 Å². The minimum Gasteiger partial charge on any atom is -0.310 e. The highest BCUT2D eigenvalue weighted by Gasteiger charge is 2.34. The predicted molar refractivity (Wildman–Crippen MR) is 64.8 cm³/mol. The predicted octanol–water partition coefficient (Wildman–Crippen LogP) is 2.91. The Morgan fingerprint density at radius 1 is 1.21 bits per heavy atom. The van der Waals surface area contributed by atoms with Crippen molar-refractivity contribution < 1.29 is 0 Å². The van der Waals surface area contributed by atoms with Gasteiger partial charge in [-0.2, -0.15) is 11.8 Å². The van der Waals surface area contributed by atoms with Gasteiger partial charge in [0.25, 0.3) is 0 Å². The van der Waals surface area contributed by atoms with Gasteiger partial charge in [-0.3, -0.25) is 0 Å². The minimum absolute atomic E-state index is 0.804. The molecule has 14 heavy (non-hydrogen) atoms. The van der Waals surface area contributed by atoms with Gasteiger partial charge in [0.1, 0.15) is 0 Å². The lowest BCUT2D eigenvalue weighted by atomic mass is 9.98. The molecule has 2 aliphatic rings. The van der Waals surface area contributed by atoms with E-state index in [0.717, 1.165) is 23.9 Å². The van der Waals surface area contributed by atoms with Crippen molar-refractivity contribution >= 4 is 11.8 Å². The maximum absolute atomic E-state index is 3.90. The van der Waals surface area contributed by atoms with E-state index in [-0.39, 0.29) is 0 Å². The lowest BCUT2D eigenvalue weighted by molar-refractivity contribution is 0.320. The van der Waals surface area contributed by atoms with Crippen LogP contribution >= 0.6 is 11.8 Å². The zero-order chi connectivity index (χ0) is 9.97. The van der Waals surface area contributed by atoms with Crippen LogP contribution in [0.3, 0.4) is 0 Å². The zero-order valence-corrected chi connectivity index (χ0v) is 10.3. The molecule has 1 saturated carbocycles. The van der Waals surface area contributed by atoms with E-state index >= 15 is 0 Å².